The van der Waals surface area contributed by atoms with E-state index in [1.54, 1.807) is 19.4 Å². The van der Waals surface area contributed by atoms with E-state index in [1.807, 2.05) is 4.90 Å². The first-order valence-corrected chi connectivity index (χ1v) is 5.43. The zero-order chi connectivity index (χ0) is 12.3. The summed E-state index contributed by atoms with van der Waals surface area (Å²) in [7, 11) is 3.00. The Kier molecular flexibility index (Phi) is 3.53. The SMILES string of the molecule is COCC1CCN1c1nccc(C(=O)OC)n1. The number of carbonyl (C=O) groups is 1. The van der Waals surface area contributed by atoms with Crippen LogP contribution >= 0.6 is 0 Å². The molecule has 0 radical (unpaired) electrons. The average Bonchev–Trinajstić information content (AvgIpc) is 2.34. The Morgan fingerprint density at radius 3 is 3.00 bits per heavy atom. The van der Waals surface area contributed by atoms with Crippen molar-refractivity contribution in [1.82, 2.24) is 9.97 Å². The van der Waals surface area contributed by atoms with Crippen LogP contribution < -0.4 is 4.90 Å². The minimum absolute atomic E-state index is 0.278. The van der Waals surface area contributed by atoms with Gasteiger partial charge in [0.05, 0.1) is 19.8 Å². The molecule has 1 aliphatic rings. The summed E-state index contributed by atoms with van der Waals surface area (Å²) in [4.78, 5) is 21.7. The zero-order valence-corrected chi connectivity index (χ0v) is 9.92. The van der Waals surface area contributed by atoms with Crippen LogP contribution in [0.4, 0.5) is 5.95 Å². The quantitative estimate of drug-likeness (QED) is 0.710. The number of hydrogen-bond donors (Lipinski definition) is 0. The summed E-state index contributed by atoms with van der Waals surface area (Å²) in [6.45, 7) is 1.53. The Bertz CT molecular complexity index is 411. The lowest BCUT2D eigenvalue weighted by Crippen LogP contribution is -2.51. The van der Waals surface area contributed by atoms with Gasteiger partial charge in [-0.25, -0.2) is 14.8 Å². The predicted octanol–water partition coefficient (Wildman–Crippen LogP) is 0.488. The normalized spacial score (nSPS) is 18.7. The van der Waals surface area contributed by atoms with Crippen molar-refractivity contribution in [1.29, 1.82) is 0 Å². The van der Waals surface area contributed by atoms with E-state index in [4.69, 9.17) is 4.74 Å². The molecule has 1 saturated heterocycles. The molecule has 1 atom stereocenters. The molecule has 0 bridgehead atoms. The molecule has 0 aromatic carbocycles. The van der Waals surface area contributed by atoms with Gasteiger partial charge in [-0.2, -0.15) is 0 Å². The van der Waals surface area contributed by atoms with E-state index in [2.05, 4.69) is 14.7 Å². The fourth-order valence-electron chi connectivity index (χ4n) is 1.77. The van der Waals surface area contributed by atoms with Crippen molar-refractivity contribution in [2.75, 3.05) is 32.3 Å². The highest BCUT2D eigenvalue weighted by molar-refractivity contribution is 5.87. The van der Waals surface area contributed by atoms with Crippen molar-refractivity contribution in [3.63, 3.8) is 0 Å². The summed E-state index contributed by atoms with van der Waals surface area (Å²) in [6.07, 6.45) is 2.62. The van der Waals surface area contributed by atoms with Gasteiger partial charge in [0.1, 0.15) is 0 Å². The van der Waals surface area contributed by atoms with E-state index < -0.39 is 5.97 Å². The monoisotopic (exact) mass is 237 g/mol. The maximum absolute atomic E-state index is 11.3. The Morgan fingerprint density at radius 1 is 1.59 bits per heavy atom. The van der Waals surface area contributed by atoms with Crippen LogP contribution in [0, 0.1) is 0 Å². The molecular formula is C11H15N3O3. The highest BCUT2D eigenvalue weighted by Gasteiger charge is 2.30. The van der Waals surface area contributed by atoms with Gasteiger partial charge in [0.15, 0.2) is 5.69 Å². The average molecular weight is 237 g/mol. The molecule has 1 aromatic rings. The molecule has 6 heteroatoms. The van der Waals surface area contributed by atoms with Gasteiger partial charge in [0, 0.05) is 19.9 Å². The van der Waals surface area contributed by atoms with E-state index in [-0.39, 0.29) is 5.69 Å². The van der Waals surface area contributed by atoms with Crippen molar-refractivity contribution >= 4 is 11.9 Å². The van der Waals surface area contributed by atoms with E-state index >= 15 is 0 Å². The van der Waals surface area contributed by atoms with Gasteiger partial charge in [0.25, 0.3) is 0 Å². The second kappa shape index (κ2) is 5.09. The molecule has 1 aromatic heterocycles. The summed E-state index contributed by atoms with van der Waals surface area (Å²) in [5, 5.41) is 0. The number of ether oxygens (including phenoxy) is 2. The Morgan fingerprint density at radius 2 is 2.41 bits per heavy atom. The Balaban J connectivity index is 2.13. The molecule has 2 rings (SSSR count). The van der Waals surface area contributed by atoms with Crippen LogP contribution in [0.5, 0.6) is 0 Å². The standard InChI is InChI=1S/C11H15N3O3/c1-16-7-8-4-6-14(8)11-12-5-3-9(13-11)10(15)17-2/h3,5,8H,4,6-7H2,1-2H3. The highest BCUT2D eigenvalue weighted by atomic mass is 16.5. The van der Waals surface area contributed by atoms with Gasteiger partial charge in [-0.1, -0.05) is 0 Å². The fraction of sp³-hybridized carbons (Fsp3) is 0.545. The van der Waals surface area contributed by atoms with Crippen molar-refractivity contribution in [2.24, 2.45) is 0 Å². The number of esters is 1. The lowest BCUT2D eigenvalue weighted by atomic mass is 10.1. The third-order valence-electron chi connectivity index (χ3n) is 2.80. The molecule has 1 aliphatic heterocycles. The third-order valence-corrected chi connectivity index (χ3v) is 2.80. The molecule has 0 amide bonds. The first kappa shape index (κ1) is 11.8. The van der Waals surface area contributed by atoms with E-state index in [0.29, 0.717) is 18.6 Å². The first-order chi connectivity index (χ1) is 8.26. The molecular weight excluding hydrogens is 222 g/mol. The fourth-order valence-corrected chi connectivity index (χ4v) is 1.77. The lowest BCUT2D eigenvalue weighted by molar-refractivity contribution is 0.0593. The van der Waals surface area contributed by atoms with E-state index in [1.165, 1.54) is 7.11 Å². The molecule has 6 nitrogen and oxygen atoms in total. The second-order valence-electron chi connectivity index (χ2n) is 3.82. The first-order valence-electron chi connectivity index (χ1n) is 5.43. The number of anilines is 1. The molecule has 92 valence electrons. The lowest BCUT2D eigenvalue weighted by Gasteiger charge is -2.40. The van der Waals surface area contributed by atoms with Crippen LogP contribution in [0.15, 0.2) is 12.3 Å². The van der Waals surface area contributed by atoms with Crippen LogP contribution in [0.1, 0.15) is 16.9 Å². The molecule has 17 heavy (non-hydrogen) atoms. The van der Waals surface area contributed by atoms with Crippen LogP contribution in [0.25, 0.3) is 0 Å². The van der Waals surface area contributed by atoms with Crippen molar-refractivity contribution < 1.29 is 14.3 Å². The summed E-state index contributed by atoms with van der Waals surface area (Å²) < 4.78 is 9.73. The summed E-state index contributed by atoms with van der Waals surface area (Å²) in [5.74, 6) is 0.110. The maximum Gasteiger partial charge on any atom is 0.356 e. The summed E-state index contributed by atoms with van der Waals surface area (Å²) in [5.41, 5.74) is 0.278. The van der Waals surface area contributed by atoms with Crippen LogP contribution in [-0.2, 0) is 9.47 Å². The van der Waals surface area contributed by atoms with Gasteiger partial charge in [-0.05, 0) is 12.5 Å². The Labute approximate surface area is 99.6 Å². The number of aromatic nitrogens is 2. The van der Waals surface area contributed by atoms with Gasteiger partial charge >= 0.3 is 5.97 Å². The summed E-state index contributed by atoms with van der Waals surface area (Å²) >= 11 is 0. The largest absolute Gasteiger partial charge is 0.464 e. The van der Waals surface area contributed by atoms with Gasteiger partial charge in [0.2, 0.25) is 5.95 Å². The second-order valence-corrected chi connectivity index (χ2v) is 3.82. The van der Waals surface area contributed by atoms with E-state index in [9.17, 15) is 4.79 Å². The number of rotatable bonds is 4. The zero-order valence-electron chi connectivity index (χ0n) is 9.92. The number of hydrogen-bond acceptors (Lipinski definition) is 6. The third kappa shape index (κ3) is 2.36. The molecule has 1 unspecified atom stereocenters. The van der Waals surface area contributed by atoms with Gasteiger partial charge < -0.3 is 14.4 Å². The van der Waals surface area contributed by atoms with Gasteiger partial charge in [-0.15, -0.1) is 0 Å². The number of carbonyl (C=O) groups excluding carboxylic acids is 1. The molecule has 0 N–H and O–H groups in total. The number of methoxy groups -OCH3 is 2. The van der Waals surface area contributed by atoms with Crippen LogP contribution in [0.3, 0.4) is 0 Å². The summed E-state index contributed by atoms with van der Waals surface area (Å²) in [6, 6.07) is 1.84. The molecule has 2 heterocycles. The minimum Gasteiger partial charge on any atom is -0.464 e. The van der Waals surface area contributed by atoms with Crippen LogP contribution in [0.2, 0.25) is 0 Å². The smallest absolute Gasteiger partial charge is 0.356 e. The van der Waals surface area contributed by atoms with Crippen molar-refractivity contribution in [3.8, 4) is 0 Å². The number of nitrogens with zero attached hydrogens (tertiary/aromatic N) is 3. The predicted molar refractivity (Wildman–Crippen MR) is 61.0 cm³/mol. The molecule has 0 spiro atoms. The molecule has 1 fully saturated rings. The Hall–Kier alpha value is -1.69. The van der Waals surface area contributed by atoms with Gasteiger partial charge in [-0.3, -0.25) is 0 Å². The van der Waals surface area contributed by atoms with Crippen molar-refractivity contribution in [2.45, 2.75) is 12.5 Å². The van der Waals surface area contributed by atoms with E-state index in [0.717, 1.165) is 13.0 Å². The molecule has 0 saturated carbocycles. The molecule has 0 aliphatic carbocycles. The highest BCUT2D eigenvalue weighted by Crippen LogP contribution is 2.23. The minimum atomic E-state index is -0.447. The van der Waals surface area contributed by atoms with Crippen molar-refractivity contribution in [3.05, 3.63) is 18.0 Å². The van der Waals surface area contributed by atoms with Crippen LogP contribution in [-0.4, -0.2) is 49.4 Å². The maximum atomic E-state index is 11.3. The topological polar surface area (TPSA) is 64.5 Å².